The zero-order valence-electron chi connectivity index (χ0n) is 10.1. The van der Waals surface area contributed by atoms with Gasteiger partial charge < -0.3 is 5.32 Å². The first-order valence-electron chi connectivity index (χ1n) is 5.52. The van der Waals surface area contributed by atoms with Crippen LogP contribution in [0, 0.1) is 13.8 Å². The Hall–Kier alpha value is -1.62. The van der Waals surface area contributed by atoms with Crippen LogP contribution in [0.15, 0.2) is 12.3 Å². The van der Waals surface area contributed by atoms with Crippen molar-refractivity contribution in [1.29, 1.82) is 0 Å². The third kappa shape index (κ3) is 2.39. The number of amides is 1. The van der Waals surface area contributed by atoms with Gasteiger partial charge in [0.15, 0.2) is 0 Å². The number of hydrogen-bond acceptors (Lipinski definition) is 3. The summed E-state index contributed by atoms with van der Waals surface area (Å²) in [6.07, 6.45) is 2.58. The molecule has 0 atom stereocenters. The van der Waals surface area contributed by atoms with Crippen LogP contribution in [0.1, 0.15) is 32.6 Å². The summed E-state index contributed by atoms with van der Waals surface area (Å²) in [5, 5.41) is 9.58. The summed E-state index contributed by atoms with van der Waals surface area (Å²) in [7, 11) is 0. The Morgan fingerprint density at radius 2 is 2.29 bits per heavy atom. The Morgan fingerprint density at radius 1 is 1.53 bits per heavy atom. The molecule has 0 aliphatic carbocycles. The third-order valence-corrected chi connectivity index (χ3v) is 3.88. The van der Waals surface area contributed by atoms with Crippen molar-refractivity contribution in [2.45, 2.75) is 27.2 Å². The average Bonchev–Trinajstić information content (AvgIpc) is 2.86. The zero-order chi connectivity index (χ0) is 12.4. The molecular formula is C12H15N3OS. The second kappa shape index (κ2) is 4.71. The van der Waals surface area contributed by atoms with Gasteiger partial charge in [0, 0.05) is 10.4 Å². The summed E-state index contributed by atoms with van der Waals surface area (Å²) in [6.45, 7) is 6.06. The minimum absolute atomic E-state index is 0.0786. The van der Waals surface area contributed by atoms with Crippen LogP contribution in [0.3, 0.4) is 0 Å². The van der Waals surface area contributed by atoms with Gasteiger partial charge in [0.2, 0.25) is 0 Å². The Labute approximate surface area is 104 Å². The molecule has 2 aromatic rings. The normalized spacial score (nSPS) is 10.5. The molecule has 0 fully saturated rings. The van der Waals surface area contributed by atoms with Gasteiger partial charge in [0.25, 0.3) is 5.91 Å². The van der Waals surface area contributed by atoms with Gasteiger partial charge >= 0.3 is 0 Å². The maximum Gasteiger partial charge on any atom is 0.266 e. The molecule has 17 heavy (non-hydrogen) atoms. The topological polar surface area (TPSA) is 57.8 Å². The second-order valence-electron chi connectivity index (χ2n) is 3.93. The van der Waals surface area contributed by atoms with Crippen molar-refractivity contribution < 1.29 is 4.79 Å². The summed E-state index contributed by atoms with van der Waals surface area (Å²) in [5.41, 5.74) is 2.17. The molecule has 0 aromatic carbocycles. The Kier molecular flexibility index (Phi) is 3.28. The lowest BCUT2D eigenvalue weighted by Gasteiger charge is -2.02. The fourth-order valence-electron chi connectivity index (χ4n) is 1.55. The SMILES string of the molecule is CCc1cn[nH]c1NC(=O)c1cc(C)c(C)s1. The maximum absolute atomic E-state index is 12.0. The molecule has 2 N–H and O–H groups in total. The van der Waals surface area contributed by atoms with Gasteiger partial charge in [-0.25, -0.2) is 0 Å². The van der Waals surface area contributed by atoms with Crippen LogP contribution in [-0.2, 0) is 6.42 Å². The van der Waals surface area contributed by atoms with Gasteiger partial charge in [0.1, 0.15) is 5.82 Å². The highest BCUT2D eigenvalue weighted by atomic mass is 32.1. The number of aryl methyl sites for hydroxylation is 3. The van der Waals surface area contributed by atoms with Crippen molar-refractivity contribution in [1.82, 2.24) is 10.2 Å². The van der Waals surface area contributed by atoms with E-state index in [4.69, 9.17) is 0 Å². The van der Waals surface area contributed by atoms with Crippen molar-refractivity contribution in [3.05, 3.63) is 33.1 Å². The number of nitrogens with zero attached hydrogens (tertiary/aromatic N) is 1. The van der Waals surface area contributed by atoms with Crippen LogP contribution in [0.2, 0.25) is 0 Å². The van der Waals surface area contributed by atoms with E-state index in [0.717, 1.165) is 22.4 Å². The van der Waals surface area contributed by atoms with Gasteiger partial charge in [-0.05, 0) is 31.9 Å². The highest BCUT2D eigenvalue weighted by Crippen LogP contribution is 2.22. The number of H-pyrrole nitrogens is 1. The van der Waals surface area contributed by atoms with Crippen LogP contribution in [0.4, 0.5) is 5.82 Å². The molecule has 4 nitrogen and oxygen atoms in total. The molecule has 5 heteroatoms. The zero-order valence-corrected chi connectivity index (χ0v) is 10.9. The molecule has 0 radical (unpaired) electrons. The predicted molar refractivity (Wildman–Crippen MR) is 69.7 cm³/mol. The summed E-state index contributed by atoms with van der Waals surface area (Å²) >= 11 is 1.51. The molecule has 0 unspecified atom stereocenters. The lowest BCUT2D eigenvalue weighted by atomic mass is 10.2. The molecule has 0 bridgehead atoms. The molecule has 2 aromatic heterocycles. The van der Waals surface area contributed by atoms with E-state index in [1.165, 1.54) is 16.2 Å². The number of aromatic nitrogens is 2. The molecule has 0 spiro atoms. The standard InChI is InChI=1S/C12H15N3OS/c1-4-9-6-13-15-11(9)14-12(16)10-5-7(2)8(3)17-10/h5-6H,4H2,1-3H3,(H2,13,14,15,16). The summed E-state index contributed by atoms with van der Waals surface area (Å²) in [6, 6.07) is 1.91. The molecule has 0 saturated carbocycles. The molecule has 1 amide bonds. The highest BCUT2D eigenvalue weighted by Gasteiger charge is 2.13. The molecule has 90 valence electrons. The number of rotatable bonds is 3. The van der Waals surface area contributed by atoms with E-state index < -0.39 is 0 Å². The van der Waals surface area contributed by atoms with Gasteiger partial charge in [-0.2, -0.15) is 5.10 Å². The van der Waals surface area contributed by atoms with Crippen LogP contribution >= 0.6 is 11.3 Å². The quantitative estimate of drug-likeness (QED) is 0.878. The average molecular weight is 249 g/mol. The van der Waals surface area contributed by atoms with Crippen LogP contribution in [0.25, 0.3) is 0 Å². The van der Waals surface area contributed by atoms with E-state index >= 15 is 0 Å². The van der Waals surface area contributed by atoms with E-state index in [-0.39, 0.29) is 5.91 Å². The van der Waals surface area contributed by atoms with E-state index in [2.05, 4.69) is 15.5 Å². The molecular weight excluding hydrogens is 234 g/mol. The molecule has 2 heterocycles. The second-order valence-corrected chi connectivity index (χ2v) is 5.18. The van der Waals surface area contributed by atoms with E-state index in [9.17, 15) is 4.79 Å². The predicted octanol–water partition coefficient (Wildman–Crippen LogP) is 2.90. The Bertz CT molecular complexity index is 522. The van der Waals surface area contributed by atoms with Crippen LogP contribution in [-0.4, -0.2) is 16.1 Å². The fraction of sp³-hybridized carbons (Fsp3) is 0.333. The van der Waals surface area contributed by atoms with E-state index in [1.807, 2.05) is 26.8 Å². The van der Waals surface area contributed by atoms with Gasteiger partial charge in [0.05, 0.1) is 11.1 Å². The molecule has 0 saturated heterocycles. The van der Waals surface area contributed by atoms with Crippen LogP contribution < -0.4 is 5.32 Å². The number of carbonyl (C=O) groups is 1. The third-order valence-electron chi connectivity index (χ3n) is 2.73. The largest absolute Gasteiger partial charge is 0.306 e. The van der Waals surface area contributed by atoms with Gasteiger partial charge in [-0.3, -0.25) is 9.89 Å². The monoisotopic (exact) mass is 249 g/mol. The number of aromatic amines is 1. The lowest BCUT2D eigenvalue weighted by Crippen LogP contribution is -2.11. The fourth-order valence-corrected chi connectivity index (χ4v) is 2.48. The Balaban J connectivity index is 2.17. The van der Waals surface area contributed by atoms with Crippen LogP contribution in [0.5, 0.6) is 0 Å². The number of hydrogen-bond donors (Lipinski definition) is 2. The van der Waals surface area contributed by atoms with Crippen molar-refractivity contribution in [3.63, 3.8) is 0 Å². The minimum Gasteiger partial charge on any atom is -0.306 e. The molecule has 2 rings (SSSR count). The maximum atomic E-state index is 12.0. The number of carbonyl (C=O) groups excluding carboxylic acids is 1. The first-order valence-corrected chi connectivity index (χ1v) is 6.34. The highest BCUT2D eigenvalue weighted by molar-refractivity contribution is 7.14. The summed E-state index contributed by atoms with van der Waals surface area (Å²) in [4.78, 5) is 13.9. The summed E-state index contributed by atoms with van der Waals surface area (Å²) < 4.78 is 0. The smallest absolute Gasteiger partial charge is 0.266 e. The van der Waals surface area contributed by atoms with Gasteiger partial charge in [-0.1, -0.05) is 6.92 Å². The summed E-state index contributed by atoms with van der Waals surface area (Å²) in [5.74, 6) is 0.617. The van der Waals surface area contributed by atoms with Crippen molar-refractivity contribution in [2.75, 3.05) is 5.32 Å². The number of nitrogens with one attached hydrogen (secondary N) is 2. The van der Waals surface area contributed by atoms with Crippen molar-refractivity contribution in [3.8, 4) is 0 Å². The molecule has 0 aliphatic heterocycles. The Morgan fingerprint density at radius 3 is 2.88 bits per heavy atom. The first-order chi connectivity index (χ1) is 8.11. The number of thiophene rings is 1. The number of anilines is 1. The molecule has 0 aliphatic rings. The van der Waals surface area contributed by atoms with E-state index in [1.54, 1.807) is 6.20 Å². The minimum atomic E-state index is -0.0786. The first kappa shape index (κ1) is 11.9. The van der Waals surface area contributed by atoms with Gasteiger partial charge in [-0.15, -0.1) is 11.3 Å². The van der Waals surface area contributed by atoms with E-state index in [0.29, 0.717) is 5.82 Å². The lowest BCUT2D eigenvalue weighted by molar-refractivity contribution is 0.103. The van der Waals surface area contributed by atoms with Crippen molar-refractivity contribution in [2.24, 2.45) is 0 Å². The van der Waals surface area contributed by atoms with Crippen molar-refractivity contribution >= 4 is 23.1 Å².